The normalized spacial score (nSPS) is 11.4. The molecular weight excluding hydrogens is 428 g/mol. The van der Waals surface area contributed by atoms with Gasteiger partial charge in [0.15, 0.2) is 5.13 Å². The number of nitro groups is 1. The second kappa shape index (κ2) is 10.8. The molecule has 0 fully saturated rings. The van der Waals surface area contributed by atoms with E-state index in [4.69, 9.17) is 9.72 Å². The first-order valence-electron chi connectivity index (χ1n) is 10.3. The monoisotopic (exact) mass is 454 g/mol. The first-order chi connectivity index (χ1) is 15.4. The lowest BCUT2D eigenvalue weighted by Crippen LogP contribution is -2.32. The van der Waals surface area contributed by atoms with Gasteiger partial charge in [-0.25, -0.2) is 4.98 Å². The van der Waals surface area contributed by atoms with Crippen molar-refractivity contribution in [1.82, 2.24) is 9.88 Å². The van der Waals surface area contributed by atoms with Crippen LogP contribution in [0.25, 0.3) is 16.3 Å². The summed E-state index contributed by atoms with van der Waals surface area (Å²) >= 11 is 1.45. The highest BCUT2D eigenvalue weighted by molar-refractivity contribution is 7.22. The minimum absolute atomic E-state index is 0.0124. The molecule has 2 aromatic carbocycles. The molecule has 0 unspecified atom stereocenters. The predicted octanol–water partition coefficient (Wildman–Crippen LogP) is 4.60. The number of rotatable bonds is 10. The van der Waals surface area contributed by atoms with Crippen LogP contribution in [0.2, 0.25) is 0 Å². The molecule has 0 radical (unpaired) electrons. The van der Waals surface area contributed by atoms with Crippen molar-refractivity contribution in [3.63, 3.8) is 0 Å². The number of hydrogen-bond acceptors (Lipinski definition) is 7. The molecule has 0 N–H and O–H groups in total. The lowest BCUT2D eigenvalue weighted by molar-refractivity contribution is -0.384. The zero-order valence-electron chi connectivity index (χ0n) is 18.4. The number of ether oxygens (including phenoxy) is 1. The number of benzene rings is 2. The van der Waals surface area contributed by atoms with E-state index in [2.05, 4.69) is 4.90 Å². The molecule has 0 bridgehead atoms. The number of amides is 1. The molecule has 0 atom stereocenters. The first-order valence-corrected chi connectivity index (χ1v) is 11.1. The molecule has 0 aliphatic heterocycles. The summed E-state index contributed by atoms with van der Waals surface area (Å²) in [5.74, 6) is 0.508. The second-order valence-electron chi connectivity index (χ2n) is 7.36. The summed E-state index contributed by atoms with van der Waals surface area (Å²) in [7, 11) is 3.99. The van der Waals surface area contributed by atoms with Crippen LogP contribution in [0.15, 0.2) is 48.5 Å². The van der Waals surface area contributed by atoms with Crippen molar-refractivity contribution in [3.8, 4) is 5.75 Å². The number of para-hydroxylation sites is 1. The summed E-state index contributed by atoms with van der Waals surface area (Å²) < 4.78 is 6.64. The topological polar surface area (TPSA) is 88.8 Å². The van der Waals surface area contributed by atoms with Crippen molar-refractivity contribution in [1.29, 1.82) is 0 Å². The lowest BCUT2D eigenvalue weighted by Gasteiger charge is -2.19. The van der Waals surface area contributed by atoms with Gasteiger partial charge in [-0.1, -0.05) is 17.4 Å². The van der Waals surface area contributed by atoms with Crippen molar-refractivity contribution >= 4 is 44.4 Å². The number of anilines is 1. The van der Waals surface area contributed by atoms with E-state index in [1.54, 1.807) is 23.1 Å². The Morgan fingerprint density at radius 3 is 2.59 bits per heavy atom. The van der Waals surface area contributed by atoms with Gasteiger partial charge < -0.3 is 9.64 Å². The average molecular weight is 455 g/mol. The number of non-ortho nitro benzene ring substituents is 1. The molecule has 0 saturated heterocycles. The molecule has 0 aliphatic carbocycles. The third-order valence-corrected chi connectivity index (χ3v) is 5.72. The number of thiazole rings is 1. The number of carbonyl (C=O) groups excluding carboxylic acids is 1. The Morgan fingerprint density at radius 1 is 1.19 bits per heavy atom. The highest BCUT2D eigenvalue weighted by Crippen LogP contribution is 2.34. The van der Waals surface area contributed by atoms with Gasteiger partial charge in [0.2, 0.25) is 0 Å². The molecule has 0 aliphatic rings. The standard InChI is InChI=1S/C23H26N4O4S/c1-4-31-19-7-5-8-20-22(19)24-23(32-20)26(16-6-15-25(2)3)21(28)14-11-17-9-12-18(13-10-17)27(29)30/h5,7-14H,4,6,15-16H2,1-3H3/b14-11-. The van der Waals surface area contributed by atoms with Gasteiger partial charge in [0.25, 0.3) is 11.6 Å². The lowest BCUT2D eigenvalue weighted by atomic mass is 10.2. The van der Waals surface area contributed by atoms with Crippen LogP contribution in [-0.4, -0.2) is 54.5 Å². The van der Waals surface area contributed by atoms with Gasteiger partial charge in [0, 0.05) is 24.8 Å². The first kappa shape index (κ1) is 23.4. The van der Waals surface area contributed by atoms with E-state index in [0.29, 0.717) is 29.6 Å². The fourth-order valence-electron chi connectivity index (χ4n) is 3.11. The molecule has 3 aromatic rings. The second-order valence-corrected chi connectivity index (χ2v) is 8.37. The van der Waals surface area contributed by atoms with Crippen LogP contribution in [0, 0.1) is 10.1 Å². The summed E-state index contributed by atoms with van der Waals surface area (Å²) in [5, 5.41) is 11.4. The Kier molecular flexibility index (Phi) is 7.91. The minimum Gasteiger partial charge on any atom is -0.492 e. The Morgan fingerprint density at radius 2 is 1.94 bits per heavy atom. The van der Waals surface area contributed by atoms with Crippen LogP contribution in [0.4, 0.5) is 10.8 Å². The van der Waals surface area contributed by atoms with Crippen LogP contribution < -0.4 is 9.64 Å². The molecule has 1 aromatic heterocycles. The van der Waals surface area contributed by atoms with Crippen molar-refractivity contribution in [2.24, 2.45) is 0 Å². The van der Waals surface area contributed by atoms with Crippen LogP contribution >= 0.6 is 11.3 Å². The quantitative estimate of drug-likeness (QED) is 0.253. The molecule has 3 rings (SSSR count). The van der Waals surface area contributed by atoms with E-state index in [1.807, 2.05) is 39.2 Å². The number of nitrogens with zero attached hydrogens (tertiary/aromatic N) is 4. The van der Waals surface area contributed by atoms with Gasteiger partial charge >= 0.3 is 0 Å². The van der Waals surface area contributed by atoms with E-state index < -0.39 is 4.92 Å². The fraction of sp³-hybridized carbons (Fsp3) is 0.304. The van der Waals surface area contributed by atoms with E-state index >= 15 is 0 Å². The van der Waals surface area contributed by atoms with Crippen molar-refractivity contribution in [2.75, 3.05) is 38.7 Å². The Bertz CT molecular complexity index is 1110. The zero-order chi connectivity index (χ0) is 23.1. The Balaban J connectivity index is 1.86. The highest BCUT2D eigenvalue weighted by Gasteiger charge is 2.19. The smallest absolute Gasteiger partial charge is 0.269 e. The van der Waals surface area contributed by atoms with Crippen molar-refractivity contribution in [3.05, 3.63) is 64.2 Å². The number of carbonyl (C=O) groups is 1. The van der Waals surface area contributed by atoms with Crippen molar-refractivity contribution < 1.29 is 14.5 Å². The van der Waals surface area contributed by atoms with Gasteiger partial charge in [-0.2, -0.15) is 0 Å². The van der Waals surface area contributed by atoms with Gasteiger partial charge in [0.05, 0.1) is 16.2 Å². The van der Waals surface area contributed by atoms with E-state index in [1.165, 1.54) is 29.5 Å². The number of fused-ring (bicyclic) bond motifs is 1. The molecule has 0 spiro atoms. The van der Waals surface area contributed by atoms with Gasteiger partial charge in [-0.05, 0) is 69.9 Å². The molecule has 9 heteroatoms. The van der Waals surface area contributed by atoms with Gasteiger partial charge in [-0.15, -0.1) is 0 Å². The molecule has 32 heavy (non-hydrogen) atoms. The fourth-order valence-corrected chi connectivity index (χ4v) is 4.12. The van der Waals surface area contributed by atoms with Crippen LogP contribution in [0.5, 0.6) is 5.75 Å². The summed E-state index contributed by atoms with van der Waals surface area (Å²) in [6, 6.07) is 11.8. The minimum atomic E-state index is -0.450. The number of hydrogen-bond donors (Lipinski definition) is 0. The van der Waals surface area contributed by atoms with Crippen molar-refractivity contribution in [2.45, 2.75) is 13.3 Å². The van der Waals surface area contributed by atoms with Crippen LogP contribution in [-0.2, 0) is 4.79 Å². The predicted molar refractivity (Wildman–Crippen MR) is 128 cm³/mol. The number of aromatic nitrogens is 1. The van der Waals surface area contributed by atoms with Gasteiger partial charge in [-0.3, -0.25) is 19.8 Å². The average Bonchev–Trinajstić information content (AvgIpc) is 3.20. The molecule has 1 heterocycles. The van der Waals surface area contributed by atoms with E-state index in [0.717, 1.165) is 23.2 Å². The molecular formula is C23H26N4O4S. The maximum absolute atomic E-state index is 13.1. The maximum Gasteiger partial charge on any atom is 0.269 e. The largest absolute Gasteiger partial charge is 0.492 e. The zero-order valence-corrected chi connectivity index (χ0v) is 19.2. The molecule has 8 nitrogen and oxygen atoms in total. The van der Waals surface area contributed by atoms with Gasteiger partial charge in [0.1, 0.15) is 11.3 Å². The Labute approximate surface area is 190 Å². The molecule has 1 amide bonds. The summed E-state index contributed by atoms with van der Waals surface area (Å²) in [6.07, 6.45) is 3.93. The van der Waals surface area contributed by atoms with E-state index in [-0.39, 0.29) is 11.6 Å². The summed E-state index contributed by atoms with van der Waals surface area (Å²) in [4.78, 5) is 31.9. The number of nitro benzene ring substituents is 1. The molecule has 168 valence electrons. The summed E-state index contributed by atoms with van der Waals surface area (Å²) in [5.41, 5.74) is 1.47. The van der Waals surface area contributed by atoms with Crippen LogP contribution in [0.1, 0.15) is 18.9 Å². The third kappa shape index (κ3) is 5.89. The highest BCUT2D eigenvalue weighted by atomic mass is 32.1. The van der Waals surface area contributed by atoms with Crippen LogP contribution in [0.3, 0.4) is 0 Å². The summed E-state index contributed by atoms with van der Waals surface area (Å²) in [6.45, 7) is 3.82. The van der Waals surface area contributed by atoms with E-state index in [9.17, 15) is 14.9 Å². The SMILES string of the molecule is CCOc1cccc2sc(N(CCCN(C)C)C(=O)/C=C\c3ccc([N+](=O)[O-])cc3)nc12. The Hall–Kier alpha value is -3.30. The maximum atomic E-state index is 13.1. The third-order valence-electron chi connectivity index (χ3n) is 4.68. The molecule has 0 saturated carbocycles.